The van der Waals surface area contributed by atoms with Crippen LogP contribution in [0, 0.1) is 5.82 Å². The molecule has 7 heteroatoms. The molecule has 0 fully saturated rings. The van der Waals surface area contributed by atoms with Crippen molar-refractivity contribution >= 4 is 23.3 Å². The van der Waals surface area contributed by atoms with E-state index in [4.69, 9.17) is 0 Å². The molecule has 1 heterocycles. The Morgan fingerprint density at radius 2 is 1.93 bits per heavy atom. The van der Waals surface area contributed by atoms with Crippen molar-refractivity contribution in [2.24, 2.45) is 0 Å². The van der Waals surface area contributed by atoms with Crippen LogP contribution in [0.25, 0.3) is 10.9 Å². The number of nitrogens with zero attached hydrogens (tertiary/aromatic N) is 1. The highest BCUT2D eigenvalue weighted by atomic mass is 19.4. The molecule has 14 heavy (non-hydrogen) atoms. The molecule has 74 valence electrons. The molecular weight excluding hydrogens is 199 g/mol. The van der Waals surface area contributed by atoms with Gasteiger partial charge in [0.1, 0.15) is 5.82 Å². The molecule has 2 aromatic rings. The number of nitrogens with one attached hydrogen (secondary N) is 1. The van der Waals surface area contributed by atoms with Crippen molar-refractivity contribution in [1.29, 1.82) is 0 Å². The Morgan fingerprint density at radius 1 is 1.21 bits per heavy atom. The summed E-state index contributed by atoms with van der Waals surface area (Å²) in [6.45, 7) is -5.13. The Hall–Kier alpha value is -1.53. The second-order valence-corrected chi connectivity index (χ2v) is 2.87. The molecule has 0 aliphatic carbocycles. The van der Waals surface area contributed by atoms with E-state index >= 15 is 0 Å². The Kier molecular flexibility index (Phi) is 1.76. The van der Waals surface area contributed by atoms with Gasteiger partial charge in [-0.25, -0.2) is 4.39 Å². The van der Waals surface area contributed by atoms with Crippen LogP contribution in [-0.2, 0) is 0 Å². The number of hydrogen-bond acceptors (Lipinski definition) is 1. The van der Waals surface area contributed by atoms with Gasteiger partial charge in [0.05, 0.1) is 11.7 Å². The van der Waals surface area contributed by atoms with Crippen molar-refractivity contribution in [3.63, 3.8) is 0 Å². The molecule has 1 aromatic heterocycles. The number of hydrogen-bond donors (Lipinski definition) is 1. The number of aromatic amines is 1. The summed E-state index contributed by atoms with van der Waals surface area (Å²) in [4.78, 5) is 0. The summed E-state index contributed by atoms with van der Waals surface area (Å²) in [6.07, 6.45) is 0.975. The highest BCUT2D eigenvalue weighted by Crippen LogP contribution is 2.18. The largest absolute Gasteiger partial charge is 0.510 e. The maximum atomic E-state index is 13.0. The third-order valence-electron chi connectivity index (χ3n) is 1.95. The minimum Gasteiger partial charge on any atom is -0.445 e. The smallest absolute Gasteiger partial charge is 0.445 e. The van der Waals surface area contributed by atoms with Gasteiger partial charge in [-0.2, -0.15) is 5.10 Å². The van der Waals surface area contributed by atoms with E-state index < -0.39 is 18.3 Å². The Labute approximate surface area is 76.0 Å². The van der Waals surface area contributed by atoms with Crippen LogP contribution in [0.15, 0.2) is 18.3 Å². The lowest BCUT2D eigenvalue weighted by Gasteiger charge is -2.15. The molecule has 2 nitrogen and oxygen atoms in total. The molecule has 2 rings (SSSR count). The van der Waals surface area contributed by atoms with Crippen LogP contribution >= 0.6 is 0 Å². The van der Waals surface area contributed by atoms with E-state index in [0.29, 0.717) is 0 Å². The summed E-state index contributed by atoms with van der Waals surface area (Å²) in [6, 6.07) is 1.51. The summed E-state index contributed by atoms with van der Waals surface area (Å²) in [7, 11) is 0. The van der Waals surface area contributed by atoms with Crippen molar-refractivity contribution in [1.82, 2.24) is 10.2 Å². The maximum Gasteiger partial charge on any atom is 0.510 e. The standard InChI is InChI=1S/C7H4BF4N2/c9-6-2-1-5(8(10,11)12)4-3-13-14-7(4)6/h1-3H,(H,13,14)/q-1. The monoisotopic (exact) mass is 203 g/mol. The van der Waals surface area contributed by atoms with Gasteiger partial charge in [-0.3, -0.25) is 5.10 Å². The Bertz CT molecular complexity index is 476. The fraction of sp³-hybridized carbons (Fsp3) is 0. The number of halogens is 4. The number of rotatable bonds is 1. The SMILES string of the molecule is Fc1ccc([B-](F)(F)F)c2cn[nH]c12. The highest BCUT2D eigenvalue weighted by Gasteiger charge is 2.28. The van der Waals surface area contributed by atoms with E-state index in [0.717, 1.165) is 18.3 Å². The van der Waals surface area contributed by atoms with Gasteiger partial charge in [0, 0.05) is 0 Å². The van der Waals surface area contributed by atoms with Crippen LogP contribution in [0.5, 0.6) is 0 Å². The van der Waals surface area contributed by atoms with Crippen LogP contribution in [0.1, 0.15) is 0 Å². The van der Waals surface area contributed by atoms with E-state index in [2.05, 4.69) is 10.2 Å². The first kappa shape index (κ1) is 9.05. The summed E-state index contributed by atoms with van der Waals surface area (Å²) in [5.41, 5.74) is -1.03. The first-order chi connectivity index (χ1) is 6.50. The second-order valence-electron chi connectivity index (χ2n) is 2.87. The first-order valence-electron chi connectivity index (χ1n) is 3.81. The number of aromatic nitrogens is 2. The molecule has 0 aliphatic rings. The van der Waals surface area contributed by atoms with Crippen LogP contribution < -0.4 is 5.46 Å². The summed E-state index contributed by atoms with van der Waals surface area (Å²) >= 11 is 0. The molecule has 0 unspecified atom stereocenters. The molecule has 0 atom stereocenters. The van der Waals surface area contributed by atoms with Crippen molar-refractivity contribution in [3.05, 3.63) is 24.1 Å². The predicted octanol–water partition coefficient (Wildman–Crippen LogP) is 1.76. The van der Waals surface area contributed by atoms with E-state index in [1.54, 1.807) is 0 Å². The van der Waals surface area contributed by atoms with E-state index in [-0.39, 0.29) is 10.9 Å². The van der Waals surface area contributed by atoms with Crippen LogP contribution in [0.3, 0.4) is 0 Å². The summed E-state index contributed by atoms with van der Waals surface area (Å²) in [5, 5.41) is 5.34. The average Bonchev–Trinajstić information content (AvgIpc) is 2.50. The summed E-state index contributed by atoms with van der Waals surface area (Å²) in [5.74, 6) is -0.735. The molecule has 0 radical (unpaired) electrons. The van der Waals surface area contributed by atoms with Gasteiger partial charge in [-0.05, 0) is 11.5 Å². The maximum absolute atomic E-state index is 13.0. The van der Waals surface area contributed by atoms with Gasteiger partial charge in [0.15, 0.2) is 0 Å². The molecule has 0 bridgehead atoms. The van der Waals surface area contributed by atoms with Crippen molar-refractivity contribution in [3.8, 4) is 0 Å². The summed E-state index contributed by atoms with van der Waals surface area (Å²) < 4.78 is 50.2. The fourth-order valence-electron chi connectivity index (χ4n) is 1.31. The van der Waals surface area contributed by atoms with Crippen LogP contribution in [0.4, 0.5) is 17.3 Å². The third kappa shape index (κ3) is 1.25. The third-order valence-corrected chi connectivity index (χ3v) is 1.95. The van der Waals surface area contributed by atoms with Gasteiger partial charge in [0.25, 0.3) is 0 Å². The zero-order valence-corrected chi connectivity index (χ0v) is 6.77. The molecule has 0 saturated carbocycles. The lowest BCUT2D eigenvalue weighted by molar-refractivity contribution is 0.501. The fourth-order valence-corrected chi connectivity index (χ4v) is 1.31. The first-order valence-corrected chi connectivity index (χ1v) is 3.81. The van der Waals surface area contributed by atoms with Crippen LogP contribution in [0.2, 0.25) is 0 Å². The minimum absolute atomic E-state index is 0.207. The van der Waals surface area contributed by atoms with Crippen molar-refractivity contribution in [2.75, 3.05) is 0 Å². The van der Waals surface area contributed by atoms with Gasteiger partial charge < -0.3 is 12.9 Å². The molecule has 0 saturated heterocycles. The Balaban J connectivity index is 2.80. The minimum atomic E-state index is -5.13. The average molecular weight is 203 g/mol. The highest BCUT2D eigenvalue weighted by molar-refractivity contribution is 6.75. The van der Waals surface area contributed by atoms with Gasteiger partial charge in [-0.1, -0.05) is 11.5 Å². The number of benzene rings is 1. The number of H-pyrrole nitrogens is 1. The van der Waals surface area contributed by atoms with E-state index in [1.165, 1.54) is 0 Å². The molecular formula is C7H4BF4N2-. The number of fused-ring (bicyclic) bond motifs is 1. The predicted molar refractivity (Wildman–Crippen MR) is 44.8 cm³/mol. The van der Waals surface area contributed by atoms with Gasteiger partial charge in [-0.15, -0.1) is 0 Å². The van der Waals surface area contributed by atoms with Crippen molar-refractivity contribution in [2.45, 2.75) is 0 Å². The zero-order valence-electron chi connectivity index (χ0n) is 6.77. The van der Waals surface area contributed by atoms with E-state index in [1.807, 2.05) is 0 Å². The normalized spacial score (nSPS) is 12.3. The lowest BCUT2D eigenvalue weighted by atomic mass is 9.78. The van der Waals surface area contributed by atoms with Gasteiger partial charge >= 0.3 is 6.98 Å². The lowest BCUT2D eigenvalue weighted by Crippen LogP contribution is -2.34. The van der Waals surface area contributed by atoms with Gasteiger partial charge in [0.2, 0.25) is 0 Å². The topological polar surface area (TPSA) is 28.7 Å². The van der Waals surface area contributed by atoms with E-state index in [9.17, 15) is 17.3 Å². The second kappa shape index (κ2) is 2.73. The molecule has 0 amide bonds. The van der Waals surface area contributed by atoms with Crippen LogP contribution in [-0.4, -0.2) is 17.2 Å². The molecule has 0 aliphatic heterocycles. The molecule has 1 N–H and O–H groups in total. The Morgan fingerprint density at radius 3 is 2.57 bits per heavy atom. The molecule has 1 aromatic carbocycles. The molecule has 0 spiro atoms. The van der Waals surface area contributed by atoms with Crippen molar-refractivity contribution < 1.29 is 17.3 Å². The quantitative estimate of drug-likeness (QED) is 0.555. The zero-order chi connectivity index (χ0) is 10.3.